The zero-order valence-corrected chi connectivity index (χ0v) is 9.43. The summed E-state index contributed by atoms with van der Waals surface area (Å²) in [5.74, 6) is -0.332. The van der Waals surface area contributed by atoms with E-state index in [9.17, 15) is 4.39 Å². The van der Waals surface area contributed by atoms with E-state index in [4.69, 9.17) is 11.6 Å². The van der Waals surface area contributed by atoms with Crippen molar-refractivity contribution in [3.05, 3.63) is 34.6 Å². The molecule has 3 heteroatoms. The smallest absolute Gasteiger partial charge is 0.142 e. The van der Waals surface area contributed by atoms with Crippen molar-refractivity contribution in [2.45, 2.75) is 25.7 Å². The Kier molecular flexibility index (Phi) is 5.33. The summed E-state index contributed by atoms with van der Waals surface area (Å²) < 4.78 is 13.1. The fourth-order valence-corrected chi connectivity index (χ4v) is 1.54. The first-order valence-electron chi connectivity index (χ1n) is 5.10. The van der Waals surface area contributed by atoms with E-state index in [1.807, 2.05) is 6.07 Å². The van der Waals surface area contributed by atoms with Gasteiger partial charge in [0.2, 0.25) is 0 Å². The Morgan fingerprint density at radius 1 is 1.27 bits per heavy atom. The van der Waals surface area contributed by atoms with Gasteiger partial charge in [0, 0.05) is 6.54 Å². The molecule has 0 saturated heterocycles. The van der Waals surface area contributed by atoms with Crippen LogP contribution in [0, 0.1) is 5.82 Å². The minimum atomic E-state index is -0.332. The van der Waals surface area contributed by atoms with Crippen LogP contribution < -0.4 is 0 Å². The van der Waals surface area contributed by atoms with Crippen LogP contribution in [0.5, 0.6) is 0 Å². The van der Waals surface area contributed by atoms with E-state index in [1.165, 1.54) is 6.07 Å². The SMILES string of the molecule is C=NCCCCCc1ccc(Cl)c(F)c1. The topological polar surface area (TPSA) is 12.4 Å². The molecule has 0 aliphatic heterocycles. The zero-order chi connectivity index (χ0) is 11.1. The molecule has 0 saturated carbocycles. The Labute approximate surface area is 95.0 Å². The van der Waals surface area contributed by atoms with Gasteiger partial charge in [-0.25, -0.2) is 4.39 Å². The van der Waals surface area contributed by atoms with E-state index in [1.54, 1.807) is 6.07 Å². The standard InChI is InChI=1S/C12H15ClFN/c1-15-8-4-2-3-5-10-6-7-11(13)12(14)9-10/h6-7,9H,1-5,8H2. The van der Waals surface area contributed by atoms with Crippen LogP contribution in [-0.4, -0.2) is 13.3 Å². The van der Waals surface area contributed by atoms with Crippen LogP contribution in [0.2, 0.25) is 5.02 Å². The highest BCUT2D eigenvalue weighted by molar-refractivity contribution is 6.30. The van der Waals surface area contributed by atoms with Gasteiger partial charge in [-0.3, -0.25) is 0 Å². The van der Waals surface area contributed by atoms with Crippen LogP contribution >= 0.6 is 11.6 Å². The molecule has 15 heavy (non-hydrogen) atoms. The molecule has 1 rings (SSSR count). The number of halogens is 2. The van der Waals surface area contributed by atoms with Crippen molar-refractivity contribution in [3.8, 4) is 0 Å². The number of rotatable bonds is 6. The van der Waals surface area contributed by atoms with Crippen molar-refractivity contribution in [2.24, 2.45) is 4.99 Å². The second-order valence-electron chi connectivity index (χ2n) is 3.51. The van der Waals surface area contributed by atoms with Gasteiger partial charge in [0.15, 0.2) is 0 Å². The molecule has 0 heterocycles. The molecule has 0 atom stereocenters. The summed E-state index contributed by atoms with van der Waals surface area (Å²) in [6.07, 6.45) is 4.10. The molecule has 0 radical (unpaired) electrons. The number of hydrogen-bond acceptors (Lipinski definition) is 1. The summed E-state index contributed by atoms with van der Waals surface area (Å²) in [7, 11) is 0. The van der Waals surface area contributed by atoms with Gasteiger partial charge in [-0.2, -0.15) is 0 Å². The van der Waals surface area contributed by atoms with Gasteiger partial charge < -0.3 is 4.99 Å². The molecule has 0 amide bonds. The van der Waals surface area contributed by atoms with Crippen molar-refractivity contribution < 1.29 is 4.39 Å². The quantitative estimate of drug-likeness (QED) is 0.517. The van der Waals surface area contributed by atoms with Crippen molar-refractivity contribution >= 4 is 18.3 Å². The van der Waals surface area contributed by atoms with Crippen LogP contribution in [0.25, 0.3) is 0 Å². The maximum atomic E-state index is 13.1. The van der Waals surface area contributed by atoms with E-state index in [2.05, 4.69) is 11.7 Å². The third-order valence-corrected chi connectivity index (χ3v) is 2.57. The average Bonchev–Trinajstić information content (AvgIpc) is 2.23. The summed E-state index contributed by atoms with van der Waals surface area (Å²) in [6.45, 7) is 4.24. The number of hydrogen-bond donors (Lipinski definition) is 0. The molecule has 0 N–H and O–H groups in total. The molecule has 0 fully saturated rings. The molecule has 0 bridgehead atoms. The third-order valence-electron chi connectivity index (χ3n) is 2.27. The van der Waals surface area contributed by atoms with Gasteiger partial charge >= 0.3 is 0 Å². The van der Waals surface area contributed by atoms with Gasteiger partial charge in [0.05, 0.1) is 5.02 Å². The minimum Gasteiger partial charge on any atom is -0.301 e. The van der Waals surface area contributed by atoms with Crippen LogP contribution in [0.3, 0.4) is 0 Å². The molecule has 82 valence electrons. The van der Waals surface area contributed by atoms with E-state index >= 15 is 0 Å². The lowest BCUT2D eigenvalue weighted by molar-refractivity contribution is 0.622. The summed E-state index contributed by atoms with van der Waals surface area (Å²) >= 11 is 5.59. The van der Waals surface area contributed by atoms with Crippen molar-refractivity contribution in [2.75, 3.05) is 6.54 Å². The molecule has 0 aliphatic rings. The maximum absolute atomic E-state index is 13.1. The molecule has 1 aromatic rings. The fraction of sp³-hybridized carbons (Fsp3) is 0.417. The number of benzene rings is 1. The lowest BCUT2D eigenvalue weighted by atomic mass is 10.1. The van der Waals surface area contributed by atoms with Crippen LogP contribution in [-0.2, 0) is 6.42 Å². The summed E-state index contributed by atoms with van der Waals surface area (Å²) in [5.41, 5.74) is 1.00. The van der Waals surface area contributed by atoms with E-state index in [-0.39, 0.29) is 10.8 Å². The summed E-state index contributed by atoms with van der Waals surface area (Å²) in [5, 5.41) is 0.189. The monoisotopic (exact) mass is 227 g/mol. The highest BCUT2D eigenvalue weighted by atomic mass is 35.5. The molecule has 0 aliphatic carbocycles. The molecular weight excluding hydrogens is 213 g/mol. The first kappa shape index (κ1) is 12.2. The molecular formula is C12H15ClFN. The largest absolute Gasteiger partial charge is 0.301 e. The first-order valence-corrected chi connectivity index (χ1v) is 5.48. The predicted molar refractivity (Wildman–Crippen MR) is 63.4 cm³/mol. The maximum Gasteiger partial charge on any atom is 0.142 e. The Morgan fingerprint density at radius 3 is 2.73 bits per heavy atom. The molecule has 0 spiro atoms. The molecule has 0 unspecified atom stereocenters. The van der Waals surface area contributed by atoms with E-state index in [0.717, 1.165) is 37.8 Å². The lowest BCUT2D eigenvalue weighted by Crippen LogP contribution is -1.89. The lowest BCUT2D eigenvalue weighted by Gasteiger charge is -2.02. The van der Waals surface area contributed by atoms with Crippen LogP contribution in [0.1, 0.15) is 24.8 Å². The number of aryl methyl sites for hydroxylation is 1. The summed E-state index contributed by atoms with van der Waals surface area (Å²) in [4.78, 5) is 3.78. The highest BCUT2D eigenvalue weighted by Gasteiger charge is 2.00. The van der Waals surface area contributed by atoms with E-state index < -0.39 is 0 Å². The Bertz CT molecular complexity index is 325. The Hall–Kier alpha value is -0.890. The van der Waals surface area contributed by atoms with Gasteiger partial charge in [-0.15, -0.1) is 0 Å². The van der Waals surface area contributed by atoms with Crippen molar-refractivity contribution in [1.82, 2.24) is 0 Å². The zero-order valence-electron chi connectivity index (χ0n) is 8.68. The van der Waals surface area contributed by atoms with Crippen molar-refractivity contribution in [1.29, 1.82) is 0 Å². The Balaban J connectivity index is 2.31. The first-order chi connectivity index (χ1) is 7.24. The third kappa shape index (κ3) is 4.43. The molecule has 1 aromatic carbocycles. The highest BCUT2D eigenvalue weighted by Crippen LogP contribution is 2.17. The normalized spacial score (nSPS) is 10.3. The van der Waals surface area contributed by atoms with Crippen LogP contribution in [0.15, 0.2) is 23.2 Å². The fourth-order valence-electron chi connectivity index (χ4n) is 1.42. The molecule has 0 aromatic heterocycles. The van der Waals surface area contributed by atoms with Gasteiger partial charge in [0.25, 0.3) is 0 Å². The second kappa shape index (κ2) is 6.57. The number of aliphatic imine (C=N–C) groups is 1. The van der Waals surface area contributed by atoms with Gasteiger partial charge in [-0.1, -0.05) is 24.1 Å². The van der Waals surface area contributed by atoms with Crippen LogP contribution in [0.4, 0.5) is 4.39 Å². The predicted octanol–water partition coefficient (Wildman–Crippen LogP) is 3.89. The van der Waals surface area contributed by atoms with Gasteiger partial charge in [-0.05, 0) is 43.7 Å². The number of nitrogens with zero attached hydrogens (tertiary/aromatic N) is 1. The second-order valence-corrected chi connectivity index (χ2v) is 3.91. The number of unbranched alkanes of at least 4 members (excludes halogenated alkanes) is 2. The van der Waals surface area contributed by atoms with E-state index in [0.29, 0.717) is 0 Å². The van der Waals surface area contributed by atoms with Gasteiger partial charge in [0.1, 0.15) is 5.82 Å². The van der Waals surface area contributed by atoms with Crippen molar-refractivity contribution in [3.63, 3.8) is 0 Å². The average molecular weight is 228 g/mol. The minimum absolute atomic E-state index is 0.189. The summed E-state index contributed by atoms with van der Waals surface area (Å²) in [6, 6.07) is 4.99. The molecule has 1 nitrogen and oxygen atoms in total. The Morgan fingerprint density at radius 2 is 2.07 bits per heavy atom.